The molecule has 1 heterocycles. The van der Waals surface area contributed by atoms with Gasteiger partial charge in [0.15, 0.2) is 0 Å². The highest BCUT2D eigenvalue weighted by atomic mass is 19.4. The largest absolute Gasteiger partial charge is 0.416 e. The molecule has 0 saturated carbocycles. The lowest BCUT2D eigenvalue weighted by atomic mass is 10.0. The van der Waals surface area contributed by atoms with Gasteiger partial charge >= 0.3 is 6.18 Å². The van der Waals surface area contributed by atoms with Crippen LogP contribution in [0.5, 0.6) is 0 Å². The van der Waals surface area contributed by atoms with Gasteiger partial charge in [-0.1, -0.05) is 18.2 Å². The average Bonchev–Trinajstić information content (AvgIpc) is 2.74. The van der Waals surface area contributed by atoms with Crippen molar-refractivity contribution in [2.45, 2.75) is 12.2 Å². The minimum absolute atomic E-state index is 0.00917. The second-order valence-corrected chi connectivity index (χ2v) is 8.13. The molecule has 8 heteroatoms. The first kappa shape index (κ1) is 23.1. The summed E-state index contributed by atoms with van der Waals surface area (Å²) in [5, 5.41) is 2.85. The van der Waals surface area contributed by atoms with Gasteiger partial charge in [-0.25, -0.2) is 0 Å². The van der Waals surface area contributed by atoms with Gasteiger partial charge in [0.05, 0.1) is 11.6 Å². The number of alkyl halides is 3. The van der Waals surface area contributed by atoms with Crippen LogP contribution in [0.1, 0.15) is 27.5 Å². The summed E-state index contributed by atoms with van der Waals surface area (Å²) < 4.78 is 39.0. The van der Waals surface area contributed by atoms with Crippen LogP contribution in [-0.2, 0) is 6.18 Å². The molecule has 1 amide bonds. The SMILES string of the molecule is CN1CCN(C(CNC(=O)c2cccc(C(F)(F)F)c2)c2ccc(N(C)C)cc2)CC1. The average molecular weight is 435 g/mol. The number of nitrogens with one attached hydrogen (secondary N) is 1. The zero-order chi connectivity index (χ0) is 22.6. The second-order valence-electron chi connectivity index (χ2n) is 8.13. The topological polar surface area (TPSA) is 38.8 Å². The fraction of sp³-hybridized carbons (Fsp3) is 0.435. The molecule has 0 bridgehead atoms. The third-order valence-corrected chi connectivity index (χ3v) is 5.68. The van der Waals surface area contributed by atoms with Gasteiger partial charge < -0.3 is 15.1 Å². The molecule has 0 aromatic heterocycles. The smallest absolute Gasteiger partial charge is 0.378 e. The van der Waals surface area contributed by atoms with Gasteiger partial charge in [-0.3, -0.25) is 9.69 Å². The van der Waals surface area contributed by atoms with Crippen LogP contribution in [0.2, 0.25) is 0 Å². The van der Waals surface area contributed by atoms with E-state index >= 15 is 0 Å². The highest BCUT2D eigenvalue weighted by Crippen LogP contribution is 2.29. The van der Waals surface area contributed by atoms with Crippen LogP contribution in [0.3, 0.4) is 0 Å². The first-order valence-corrected chi connectivity index (χ1v) is 10.3. The van der Waals surface area contributed by atoms with E-state index in [1.54, 1.807) is 0 Å². The molecule has 5 nitrogen and oxygen atoms in total. The summed E-state index contributed by atoms with van der Waals surface area (Å²) in [5.41, 5.74) is 1.33. The maximum absolute atomic E-state index is 13.0. The molecule has 0 aliphatic carbocycles. The lowest BCUT2D eigenvalue weighted by Crippen LogP contribution is -2.48. The van der Waals surface area contributed by atoms with E-state index in [0.717, 1.165) is 49.6 Å². The maximum atomic E-state index is 13.0. The number of likely N-dealkylation sites (N-methyl/N-ethyl adjacent to an activating group) is 1. The Morgan fingerprint density at radius 2 is 1.71 bits per heavy atom. The Kier molecular flexibility index (Phi) is 7.23. The van der Waals surface area contributed by atoms with Crippen LogP contribution in [0.15, 0.2) is 48.5 Å². The van der Waals surface area contributed by atoms with E-state index in [2.05, 4.69) is 34.3 Å². The number of carbonyl (C=O) groups is 1. The number of hydrogen-bond donors (Lipinski definition) is 1. The highest BCUT2D eigenvalue weighted by molar-refractivity contribution is 5.94. The molecule has 3 rings (SSSR count). The minimum Gasteiger partial charge on any atom is -0.378 e. The number of carbonyl (C=O) groups excluding carboxylic acids is 1. The zero-order valence-electron chi connectivity index (χ0n) is 18.1. The number of piperazine rings is 1. The van der Waals surface area contributed by atoms with Crippen LogP contribution in [0.25, 0.3) is 0 Å². The van der Waals surface area contributed by atoms with Crippen molar-refractivity contribution in [1.29, 1.82) is 0 Å². The van der Waals surface area contributed by atoms with Gasteiger partial charge in [-0.15, -0.1) is 0 Å². The lowest BCUT2D eigenvalue weighted by Gasteiger charge is -2.38. The number of amides is 1. The minimum atomic E-state index is -4.48. The maximum Gasteiger partial charge on any atom is 0.416 e. The zero-order valence-corrected chi connectivity index (χ0v) is 18.1. The van der Waals surface area contributed by atoms with Gasteiger partial charge in [-0.2, -0.15) is 13.2 Å². The van der Waals surface area contributed by atoms with E-state index in [0.29, 0.717) is 6.54 Å². The van der Waals surface area contributed by atoms with Gasteiger partial charge in [0.2, 0.25) is 0 Å². The van der Waals surface area contributed by atoms with E-state index in [1.807, 2.05) is 31.1 Å². The predicted octanol–water partition coefficient (Wildman–Crippen LogP) is 3.49. The van der Waals surface area contributed by atoms with Crippen molar-refractivity contribution in [1.82, 2.24) is 15.1 Å². The second kappa shape index (κ2) is 9.70. The lowest BCUT2D eigenvalue weighted by molar-refractivity contribution is -0.137. The van der Waals surface area contributed by atoms with E-state index in [-0.39, 0.29) is 11.6 Å². The molecule has 0 radical (unpaired) electrons. The summed E-state index contributed by atoms with van der Waals surface area (Å²) in [7, 11) is 6.03. The summed E-state index contributed by atoms with van der Waals surface area (Å²) in [6, 6.07) is 12.6. The van der Waals surface area contributed by atoms with Crippen molar-refractivity contribution in [3.05, 3.63) is 65.2 Å². The van der Waals surface area contributed by atoms with Crippen molar-refractivity contribution in [2.75, 3.05) is 58.8 Å². The van der Waals surface area contributed by atoms with E-state index in [1.165, 1.54) is 12.1 Å². The van der Waals surface area contributed by atoms with E-state index in [9.17, 15) is 18.0 Å². The Bertz CT molecular complexity index is 875. The highest BCUT2D eigenvalue weighted by Gasteiger charge is 2.31. The molecule has 1 aliphatic rings. The number of anilines is 1. The molecule has 1 atom stereocenters. The normalized spacial score (nSPS) is 16.7. The quantitative estimate of drug-likeness (QED) is 0.756. The van der Waals surface area contributed by atoms with Gasteiger partial charge in [0.1, 0.15) is 0 Å². The van der Waals surface area contributed by atoms with Crippen LogP contribution in [0, 0.1) is 0 Å². The van der Waals surface area contributed by atoms with Crippen molar-refractivity contribution < 1.29 is 18.0 Å². The molecule has 1 aliphatic heterocycles. The Labute approximate surface area is 181 Å². The standard InChI is InChI=1S/C23H29F3N4O/c1-28(2)20-9-7-17(8-10-20)21(30-13-11-29(3)12-14-30)16-27-22(31)18-5-4-6-19(15-18)23(24,25)26/h4-10,15,21H,11-14,16H2,1-3H3,(H,27,31). The molecule has 1 N–H and O–H groups in total. The molecule has 1 fully saturated rings. The monoisotopic (exact) mass is 434 g/mol. The number of rotatable bonds is 6. The predicted molar refractivity (Wildman–Crippen MR) is 116 cm³/mol. The third kappa shape index (κ3) is 5.98. The van der Waals surface area contributed by atoms with Gasteiger partial charge in [0.25, 0.3) is 5.91 Å². The molecular weight excluding hydrogens is 405 g/mol. The summed E-state index contributed by atoms with van der Waals surface area (Å²) in [4.78, 5) is 19.2. The molecule has 2 aromatic rings. The van der Waals surface area contributed by atoms with Gasteiger partial charge in [0, 0.05) is 58.1 Å². The molecule has 2 aromatic carbocycles. The molecular formula is C23H29F3N4O. The van der Waals surface area contributed by atoms with Crippen molar-refractivity contribution in [3.8, 4) is 0 Å². The fourth-order valence-corrected chi connectivity index (χ4v) is 3.71. The number of halogens is 3. The summed E-state index contributed by atoms with van der Waals surface area (Å²) in [6.07, 6.45) is -4.48. The number of hydrogen-bond acceptors (Lipinski definition) is 4. The van der Waals surface area contributed by atoms with Crippen molar-refractivity contribution in [2.24, 2.45) is 0 Å². The van der Waals surface area contributed by atoms with Crippen molar-refractivity contribution >= 4 is 11.6 Å². The Morgan fingerprint density at radius 3 is 2.29 bits per heavy atom. The first-order valence-electron chi connectivity index (χ1n) is 10.3. The van der Waals surface area contributed by atoms with Gasteiger partial charge in [-0.05, 0) is 42.9 Å². The summed E-state index contributed by atoms with van der Waals surface area (Å²) >= 11 is 0. The number of nitrogens with zero attached hydrogens (tertiary/aromatic N) is 3. The van der Waals surface area contributed by atoms with Crippen LogP contribution < -0.4 is 10.2 Å². The Hall–Kier alpha value is -2.58. The number of benzene rings is 2. The molecule has 0 spiro atoms. The summed E-state index contributed by atoms with van der Waals surface area (Å²) in [5.74, 6) is -0.505. The van der Waals surface area contributed by atoms with Crippen LogP contribution >= 0.6 is 0 Å². The first-order chi connectivity index (χ1) is 14.6. The Morgan fingerprint density at radius 1 is 1.06 bits per heavy atom. The molecule has 168 valence electrons. The van der Waals surface area contributed by atoms with E-state index in [4.69, 9.17) is 0 Å². The third-order valence-electron chi connectivity index (χ3n) is 5.68. The summed E-state index contributed by atoms with van der Waals surface area (Å²) in [6.45, 7) is 3.88. The Balaban J connectivity index is 1.76. The van der Waals surface area contributed by atoms with Crippen LogP contribution in [0.4, 0.5) is 18.9 Å². The van der Waals surface area contributed by atoms with Crippen LogP contribution in [-0.4, -0.2) is 69.6 Å². The molecule has 31 heavy (non-hydrogen) atoms. The van der Waals surface area contributed by atoms with E-state index < -0.39 is 17.6 Å². The molecule has 1 saturated heterocycles. The fourth-order valence-electron chi connectivity index (χ4n) is 3.71. The van der Waals surface area contributed by atoms with Crippen molar-refractivity contribution in [3.63, 3.8) is 0 Å². The molecule has 1 unspecified atom stereocenters.